The van der Waals surface area contributed by atoms with Crippen LogP contribution in [0, 0.1) is 11.6 Å². The molecule has 0 heterocycles. The molecule has 24 heavy (non-hydrogen) atoms. The van der Waals surface area contributed by atoms with E-state index in [0.29, 0.717) is 11.3 Å². The maximum absolute atomic E-state index is 13.4. The van der Waals surface area contributed by atoms with Crippen molar-refractivity contribution in [3.63, 3.8) is 0 Å². The molecule has 0 aliphatic rings. The summed E-state index contributed by atoms with van der Waals surface area (Å²) in [5.41, 5.74) is 0.660. The van der Waals surface area contributed by atoms with Crippen LogP contribution < -0.4 is 10.6 Å². The Hall–Kier alpha value is -2.96. The van der Waals surface area contributed by atoms with Gasteiger partial charge in [0.1, 0.15) is 17.3 Å². The van der Waals surface area contributed by atoms with Crippen LogP contribution in [-0.4, -0.2) is 25.5 Å². The number of carbonyl (C=O) groups excluding carboxylic acids is 2. The van der Waals surface area contributed by atoms with Gasteiger partial charge in [-0.1, -0.05) is 6.07 Å². The molecule has 2 N–H and O–H groups in total. The lowest BCUT2D eigenvalue weighted by Crippen LogP contribution is -2.17. The summed E-state index contributed by atoms with van der Waals surface area (Å²) in [5, 5.41) is 5.18. The Morgan fingerprint density at radius 2 is 1.67 bits per heavy atom. The molecule has 2 aromatic carbocycles. The number of esters is 1. The van der Waals surface area contributed by atoms with Gasteiger partial charge in [-0.25, -0.2) is 13.6 Å². The maximum atomic E-state index is 13.4. The van der Waals surface area contributed by atoms with E-state index in [9.17, 15) is 18.4 Å². The van der Waals surface area contributed by atoms with Gasteiger partial charge in [0.05, 0.1) is 12.7 Å². The van der Waals surface area contributed by atoms with Crippen LogP contribution >= 0.6 is 0 Å². The maximum Gasteiger partial charge on any atom is 0.337 e. The zero-order valence-corrected chi connectivity index (χ0v) is 12.9. The Morgan fingerprint density at radius 1 is 1.04 bits per heavy atom. The summed E-state index contributed by atoms with van der Waals surface area (Å²) >= 11 is 0. The second-order valence-corrected chi connectivity index (χ2v) is 4.89. The van der Waals surface area contributed by atoms with E-state index in [1.54, 1.807) is 24.3 Å². The number of amides is 1. The predicted octanol–water partition coefficient (Wildman–Crippen LogP) is 3.19. The van der Waals surface area contributed by atoms with Crippen molar-refractivity contribution in [1.29, 1.82) is 0 Å². The second-order valence-electron chi connectivity index (χ2n) is 4.89. The molecule has 0 atom stereocenters. The lowest BCUT2D eigenvalue weighted by molar-refractivity contribution is -0.116. The van der Waals surface area contributed by atoms with E-state index in [1.165, 1.54) is 13.2 Å². The van der Waals surface area contributed by atoms with Gasteiger partial charge in [-0.3, -0.25) is 4.79 Å². The predicted molar refractivity (Wildman–Crippen MR) is 85.9 cm³/mol. The molecule has 0 aliphatic carbocycles. The number of hydrogen-bond donors (Lipinski definition) is 2. The van der Waals surface area contributed by atoms with Crippen molar-refractivity contribution in [2.45, 2.75) is 6.42 Å². The molecule has 0 saturated heterocycles. The summed E-state index contributed by atoms with van der Waals surface area (Å²) in [7, 11) is 1.30. The van der Waals surface area contributed by atoms with E-state index in [4.69, 9.17) is 0 Å². The highest BCUT2D eigenvalue weighted by molar-refractivity contribution is 5.91. The standard InChI is InChI=1S/C17H16F2N2O3/c1-24-17(23)11-5-7-12(8-6-11)20-10-9-15(22)21-16-13(18)3-2-4-14(16)19/h2-8,20H,9-10H2,1H3,(H,21,22). The highest BCUT2D eigenvalue weighted by atomic mass is 19.1. The first-order valence-corrected chi connectivity index (χ1v) is 7.17. The van der Waals surface area contributed by atoms with Gasteiger partial charge in [-0.2, -0.15) is 0 Å². The molecule has 0 unspecified atom stereocenters. The van der Waals surface area contributed by atoms with Crippen molar-refractivity contribution in [2.24, 2.45) is 0 Å². The third-order valence-electron chi connectivity index (χ3n) is 3.21. The first kappa shape index (κ1) is 17.4. The summed E-state index contributed by atoms with van der Waals surface area (Å²) in [4.78, 5) is 23.0. The van der Waals surface area contributed by atoms with Crippen molar-refractivity contribution in [1.82, 2.24) is 0 Å². The van der Waals surface area contributed by atoms with Crippen LogP contribution in [0.25, 0.3) is 0 Å². The van der Waals surface area contributed by atoms with Gasteiger partial charge in [0.15, 0.2) is 0 Å². The fourth-order valence-electron chi connectivity index (χ4n) is 1.98. The Balaban J connectivity index is 1.83. The van der Waals surface area contributed by atoms with Gasteiger partial charge >= 0.3 is 5.97 Å². The first-order chi connectivity index (χ1) is 11.5. The van der Waals surface area contributed by atoms with E-state index >= 15 is 0 Å². The summed E-state index contributed by atoms with van der Waals surface area (Å²) in [5.74, 6) is -2.60. The molecule has 7 heteroatoms. The molecule has 5 nitrogen and oxygen atoms in total. The van der Waals surface area contributed by atoms with Crippen molar-refractivity contribution < 1.29 is 23.1 Å². The zero-order valence-electron chi connectivity index (χ0n) is 12.9. The Kier molecular flexibility index (Phi) is 5.83. The van der Waals surface area contributed by atoms with E-state index in [1.807, 2.05) is 0 Å². The van der Waals surface area contributed by atoms with Gasteiger partial charge in [0.25, 0.3) is 0 Å². The van der Waals surface area contributed by atoms with Gasteiger partial charge in [-0.15, -0.1) is 0 Å². The molecule has 0 radical (unpaired) electrons. The van der Waals surface area contributed by atoms with E-state index in [-0.39, 0.29) is 13.0 Å². The normalized spacial score (nSPS) is 10.1. The van der Waals surface area contributed by atoms with Gasteiger partial charge in [0.2, 0.25) is 5.91 Å². The summed E-state index contributed by atoms with van der Waals surface area (Å²) in [6.45, 7) is 0.263. The minimum atomic E-state index is -0.824. The fourth-order valence-corrected chi connectivity index (χ4v) is 1.98. The number of para-hydroxylation sites is 1. The number of ether oxygens (including phenoxy) is 1. The number of nitrogens with one attached hydrogen (secondary N) is 2. The molecule has 0 aromatic heterocycles. The van der Waals surface area contributed by atoms with Gasteiger partial charge < -0.3 is 15.4 Å². The average Bonchev–Trinajstić information content (AvgIpc) is 2.58. The lowest BCUT2D eigenvalue weighted by atomic mass is 10.2. The summed E-state index contributed by atoms with van der Waals surface area (Å²) < 4.78 is 31.4. The molecular formula is C17H16F2N2O3. The minimum absolute atomic E-state index is 0.0204. The monoisotopic (exact) mass is 334 g/mol. The van der Waals surface area contributed by atoms with Crippen LogP contribution in [0.1, 0.15) is 16.8 Å². The molecule has 0 bridgehead atoms. The molecule has 0 fully saturated rings. The number of anilines is 2. The minimum Gasteiger partial charge on any atom is -0.465 e. The lowest BCUT2D eigenvalue weighted by Gasteiger charge is -2.09. The fraction of sp³-hybridized carbons (Fsp3) is 0.176. The molecule has 0 saturated carbocycles. The number of benzene rings is 2. The van der Waals surface area contributed by atoms with Crippen molar-refractivity contribution in [3.8, 4) is 0 Å². The van der Waals surface area contributed by atoms with E-state index < -0.39 is 29.2 Å². The Bertz CT molecular complexity index is 713. The number of methoxy groups -OCH3 is 1. The molecule has 0 spiro atoms. The van der Waals surface area contributed by atoms with Crippen LogP contribution in [0.5, 0.6) is 0 Å². The highest BCUT2D eigenvalue weighted by Gasteiger charge is 2.11. The van der Waals surface area contributed by atoms with Gasteiger partial charge in [-0.05, 0) is 36.4 Å². The number of carbonyl (C=O) groups is 2. The molecule has 2 rings (SSSR count). The van der Waals surface area contributed by atoms with Crippen LogP contribution in [0.4, 0.5) is 20.2 Å². The molecule has 1 amide bonds. The van der Waals surface area contributed by atoms with Gasteiger partial charge in [0, 0.05) is 18.7 Å². The Morgan fingerprint density at radius 3 is 2.25 bits per heavy atom. The van der Waals surface area contributed by atoms with E-state index in [0.717, 1.165) is 12.1 Å². The average molecular weight is 334 g/mol. The van der Waals surface area contributed by atoms with Crippen LogP contribution in [0.2, 0.25) is 0 Å². The van der Waals surface area contributed by atoms with Crippen molar-refractivity contribution in [2.75, 3.05) is 24.3 Å². The molecule has 126 valence electrons. The number of rotatable bonds is 6. The number of halogens is 2. The SMILES string of the molecule is COC(=O)c1ccc(NCCC(=O)Nc2c(F)cccc2F)cc1. The number of hydrogen-bond acceptors (Lipinski definition) is 4. The van der Waals surface area contributed by atoms with Crippen molar-refractivity contribution in [3.05, 3.63) is 59.7 Å². The smallest absolute Gasteiger partial charge is 0.337 e. The van der Waals surface area contributed by atoms with Crippen LogP contribution in [0.15, 0.2) is 42.5 Å². The molecular weight excluding hydrogens is 318 g/mol. The Labute approximate surface area is 137 Å². The third kappa shape index (κ3) is 4.52. The highest BCUT2D eigenvalue weighted by Crippen LogP contribution is 2.18. The molecule has 2 aromatic rings. The first-order valence-electron chi connectivity index (χ1n) is 7.17. The zero-order chi connectivity index (χ0) is 17.5. The van der Waals surface area contributed by atoms with Crippen LogP contribution in [0.3, 0.4) is 0 Å². The summed E-state index contributed by atoms with van der Waals surface area (Å²) in [6.07, 6.45) is 0.0204. The van der Waals surface area contributed by atoms with Crippen LogP contribution in [-0.2, 0) is 9.53 Å². The molecule has 0 aliphatic heterocycles. The second kappa shape index (κ2) is 8.05. The van der Waals surface area contributed by atoms with E-state index in [2.05, 4.69) is 15.4 Å². The summed E-state index contributed by atoms with van der Waals surface area (Å²) in [6, 6.07) is 9.87. The largest absolute Gasteiger partial charge is 0.465 e. The topological polar surface area (TPSA) is 67.4 Å². The quantitative estimate of drug-likeness (QED) is 0.796. The third-order valence-corrected chi connectivity index (χ3v) is 3.21. The van der Waals surface area contributed by atoms with Crippen molar-refractivity contribution >= 4 is 23.3 Å².